The van der Waals surface area contributed by atoms with Crippen LogP contribution in [-0.4, -0.2) is 54.7 Å². The third-order valence-electron chi connectivity index (χ3n) is 5.77. The maximum atomic E-state index is 14.7. The predicted octanol–water partition coefficient (Wildman–Crippen LogP) is 5.97. The molecule has 39 heavy (non-hydrogen) atoms. The van der Waals surface area contributed by atoms with Gasteiger partial charge < -0.3 is 9.84 Å². The molecule has 212 valence electrons. The number of carboxylic acid groups (broad SMARTS) is 1. The number of nitrogens with zero attached hydrogens (tertiary/aromatic N) is 2. The van der Waals surface area contributed by atoms with Crippen molar-refractivity contribution < 1.29 is 40.6 Å². The molecule has 0 bridgehead atoms. The summed E-state index contributed by atoms with van der Waals surface area (Å²) in [7, 11) is -4.15. The number of nitrogens with one attached hydrogen (secondary N) is 1. The maximum Gasteiger partial charge on any atom is 0.490 e. The van der Waals surface area contributed by atoms with Gasteiger partial charge in [0.15, 0.2) is 5.13 Å². The summed E-state index contributed by atoms with van der Waals surface area (Å²) in [5, 5.41) is 8.94. The van der Waals surface area contributed by atoms with Crippen LogP contribution in [0.15, 0.2) is 58.9 Å². The van der Waals surface area contributed by atoms with Gasteiger partial charge in [0.2, 0.25) is 0 Å². The molecule has 1 atom stereocenters. The van der Waals surface area contributed by atoms with Crippen LogP contribution in [0.1, 0.15) is 31.4 Å². The topological polar surface area (TPSA) is 109 Å². The Bertz CT molecular complexity index is 1350. The van der Waals surface area contributed by atoms with Gasteiger partial charge in [-0.05, 0) is 31.4 Å². The van der Waals surface area contributed by atoms with Crippen LogP contribution >= 0.6 is 22.9 Å². The predicted molar refractivity (Wildman–Crippen MR) is 138 cm³/mol. The van der Waals surface area contributed by atoms with Crippen LogP contribution in [0.25, 0.3) is 0 Å². The molecule has 0 spiro atoms. The third kappa shape index (κ3) is 8.52. The molecule has 1 aliphatic heterocycles. The molecule has 1 aromatic heterocycles. The fourth-order valence-corrected chi connectivity index (χ4v) is 5.90. The Morgan fingerprint density at radius 3 is 2.38 bits per heavy atom. The standard InChI is InChI=1S/C22H23ClFN3O3S2.C2HF3O2/c1-15(16-5-3-2-4-6-16)27-10-7-17(8-11-27)30-20-14-19(24)21(13-18(20)23)32(28,29)26-22-25-9-12-31-22;3-2(4,5)1(6)7/h2-6,9,12-15,17H,7-8,10-11H2,1H3,(H,25,26);(H,6,7). The number of ether oxygens (including phenoxy) is 1. The molecule has 1 aliphatic rings. The number of thiazole rings is 1. The number of halogens is 5. The smallest absolute Gasteiger partial charge is 0.489 e. The number of likely N-dealkylation sites (tertiary alicyclic amines) is 1. The van der Waals surface area contributed by atoms with Gasteiger partial charge >= 0.3 is 12.1 Å². The molecule has 1 fully saturated rings. The largest absolute Gasteiger partial charge is 0.490 e. The minimum atomic E-state index is -5.08. The summed E-state index contributed by atoms with van der Waals surface area (Å²) in [6, 6.07) is 12.7. The second-order valence-corrected chi connectivity index (χ2v) is 11.4. The molecule has 15 heteroatoms. The van der Waals surface area contributed by atoms with Gasteiger partial charge in [-0.1, -0.05) is 41.9 Å². The quantitative estimate of drug-likeness (QED) is 0.318. The molecule has 0 saturated carbocycles. The van der Waals surface area contributed by atoms with E-state index in [-0.39, 0.29) is 22.0 Å². The Morgan fingerprint density at radius 2 is 1.85 bits per heavy atom. The van der Waals surface area contributed by atoms with Crippen molar-refractivity contribution in [1.29, 1.82) is 0 Å². The summed E-state index contributed by atoms with van der Waals surface area (Å²) in [4.78, 5) is 14.6. The number of hydrogen-bond acceptors (Lipinski definition) is 7. The van der Waals surface area contributed by atoms with E-state index < -0.39 is 32.9 Å². The van der Waals surface area contributed by atoms with Crippen molar-refractivity contribution in [2.75, 3.05) is 17.8 Å². The number of aliphatic carboxylic acids is 1. The normalized spacial score (nSPS) is 15.6. The van der Waals surface area contributed by atoms with Crippen molar-refractivity contribution in [3.8, 4) is 5.75 Å². The average molecular weight is 610 g/mol. The lowest BCUT2D eigenvalue weighted by molar-refractivity contribution is -0.192. The number of benzene rings is 2. The second kappa shape index (κ2) is 12.9. The molecule has 4 rings (SSSR count). The Balaban J connectivity index is 0.000000532. The van der Waals surface area contributed by atoms with E-state index in [4.69, 9.17) is 26.2 Å². The molecular weight excluding hydrogens is 586 g/mol. The first kappa shape index (κ1) is 30.6. The molecule has 8 nitrogen and oxygen atoms in total. The van der Waals surface area contributed by atoms with Gasteiger partial charge in [-0.3, -0.25) is 9.62 Å². The van der Waals surface area contributed by atoms with E-state index in [9.17, 15) is 26.0 Å². The maximum absolute atomic E-state index is 14.7. The zero-order valence-corrected chi connectivity index (χ0v) is 22.7. The Hall–Kier alpha value is -2.94. The van der Waals surface area contributed by atoms with Gasteiger partial charge in [0, 0.05) is 36.8 Å². The van der Waals surface area contributed by atoms with E-state index in [0.717, 1.165) is 49.4 Å². The van der Waals surface area contributed by atoms with E-state index in [1.165, 1.54) is 11.8 Å². The van der Waals surface area contributed by atoms with Crippen molar-refractivity contribution >= 4 is 44.1 Å². The SMILES string of the molecule is CC(c1ccccc1)N1CCC(Oc2cc(F)c(S(=O)(=O)Nc3nccs3)cc2Cl)CC1.O=C(O)C(F)(F)F. The number of aromatic nitrogens is 1. The molecule has 0 aliphatic carbocycles. The number of carboxylic acids is 1. The number of carbonyl (C=O) groups is 1. The highest BCUT2D eigenvalue weighted by atomic mass is 35.5. The van der Waals surface area contributed by atoms with E-state index in [0.29, 0.717) is 6.04 Å². The lowest BCUT2D eigenvalue weighted by Gasteiger charge is -2.36. The summed E-state index contributed by atoms with van der Waals surface area (Å²) < 4.78 is 79.6. The zero-order valence-electron chi connectivity index (χ0n) is 20.4. The molecule has 0 radical (unpaired) electrons. The highest BCUT2D eigenvalue weighted by Crippen LogP contribution is 2.33. The highest BCUT2D eigenvalue weighted by molar-refractivity contribution is 7.93. The molecule has 2 aromatic carbocycles. The van der Waals surface area contributed by atoms with Crippen molar-refractivity contribution in [1.82, 2.24) is 9.88 Å². The van der Waals surface area contributed by atoms with Crippen LogP contribution in [0, 0.1) is 5.82 Å². The number of rotatable bonds is 7. The fourth-order valence-electron chi connectivity index (χ4n) is 3.75. The van der Waals surface area contributed by atoms with Crippen LogP contribution in [-0.2, 0) is 14.8 Å². The Morgan fingerprint density at radius 1 is 1.23 bits per heavy atom. The van der Waals surface area contributed by atoms with Gasteiger partial charge in [0.05, 0.1) is 5.02 Å². The highest BCUT2D eigenvalue weighted by Gasteiger charge is 2.38. The second-order valence-electron chi connectivity index (χ2n) is 8.40. The van der Waals surface area contributed by atoms with Crippen LogP contribution in [0.3, 0.4) is 0 Å². The van der Waals surface area contributed by atoms with Gasteiger partial charge in [-0.15, -0.1) is 11.3 Å². The van der Waals surface area contributed by atoms with Gasteiger partial charge in [-0.2, -0.15) is 13.2 Å². The van der Waals surface area contributed by atoms with Crippen molar-refractivity contribution in [2.24, 2.45) is 0 Å². The minimum absolute atomic E-state index is 0.0472. The Labute approximate surface area is 231 Å². The summed E-state index contributed by atoms with van der Waals surface area (Å²) in [6.45, 7) is 3.86. The third-order valence-corrected chi connectivity index (χ3v) is 8.24. The molecule has 2 N–H and O–H groups in total. The monoisotopic (exact) mass is 609 g/mol. The van der Waals surface area contributed by atoms with Crippen LogP contribution in [0.2, 0.25) is 5.02 Å². The first-order valence-corrected chi connectivity index (χ1v) is 14.2. The number of anilines is 1. The molecule has 1 unspecified atom stereocenters. The van der Waals surface area contributed by atoms with Gasteiger partial charge in [0.25, 0.3) is 10.0 Å². The minimum Gasteiger partial charge on any atom is -0.489 e. The first-order chi connectivity index (χ1) is 18.3. The zero-order chi connectivity index (χ0) is 28.8. The number of sulfonamides is 1. The molecule has 1 saturated heterocycles. The molecule has 2 heterocycles. The number of hydrogen-bond donors (Lipinski definition) is 2. The number of alkyl halides is 3. The van der Waals surface area contributed by atoms with E-state index in [2.05, 4.69) is 33.7 Å². The summed E-state index contributed by atoms with van der Waals surface area (Å²) >= 11 is 7.36. The van der Waals surface area contributed by atoms with Crippen molar-refractivity contribution in [2.45, 2.75) is 43.0 Å². The van der Waals surface area contributed by atoms with E-state index in [1.807, 2.05) is 18.2 Å². The number of piperidine rings is 1. The van der Waals surface area contributed by atoms with Gasteiger partial charge in [0.1, 0.15) is 22.6 Å². The molecular formula is C24H24ClF4N3O5S2. The summed E-state index contributed by atoms with van der Waals surface area (Å²) in [6.07, 6.45) is -2.22. The lowest BCUT2D eigenvalue weighted by Crippen LogP contribution is -2.39. The van der Waals surface area contributed by atoms with Crippen LogP contribution in [0.4, 0.5) is 22.7 Å². The Kier molecular flexibility index (Phi) is 10.2. The van der Waals surface area contributed by atoms with Crippen molar-refractivity contribution in [3.05, 3.63) is 70.4 Å². The van der Waals surface area contributed by atoms with Crippen LogP contribution in [0.5, 0.6) is 5.75 Å². The average Bonchev–Trinajstić information content (AvgIpc) is 3.38. The van der Waals surface area contributed by atoms with E-state index in [1.54, 1.807) is 5.38 Å². The van der Waals surface area contributed by atoms with Gasteiger partial charge in [-0.25, -0.2) is 22.6 Å². The molecule has 0 amide bonds. The summed E-state index contributed by atoms with van der Waals surface area (Å²) in [5.74, 6) is -3.54. The fraction of sp³-hybridized carbons (Fsp3) is 0.333. The summed E-state index contributed by atoms with van der Waals surface area (Å²) in [5.41, 5.74) is 1.26. The lowest BCUT2D eigenvalue weighted by atomic mass is 10.0. The molecule has 3 aromatic rings. The first-order valence-electron chi connectivity index (χ1n) is 11.4. The van der Waals surface area contributed by atoms with Crippen LogP contribution < -0.4 is 9.46 Å². The van der Waals surface area contributed by atoms with E-state index >= 15 is 0 Å². The van der Waals surface area contributed by atoms with Crippen molar-refractivity contribution in [3.63, 3.8) is 0 Å².